The van der Waals surface area contributed by atoms with Gasteiger partial charge in [0.25, 0.3) is 0 Å². The van der Waals surface area contributed by atoms with Crippen LogP contribution in [0.25, 0.3) is 22.1 Å². The van der Waals surface area contributed by atoms with Gasteiger partial charge in [0.2, 0.25) is 5.91 Å². The van der Waals surface area contributed by atoms with Gasteiger partial charge in [-0.05, 0) is 37.1 Å². The highest BCUT2D eigenvalue weighted by atomic mass is 16.2. The Balaban J connectivity index is 1.33. The number of amides is 1. The maximum Gasteiger partial charge on any atom is 0.225 e. The van der Waals surface area contributed by atoms with Crippen molar-refractivity contribution >= 4 is 28.0 Å². The molecule has 2 aromatic carbocycles. The predicted molar refractivity (Wildman–Crippen MR) is 102 cm³/mol. The van der Waals surface area contributed by atoms with Gasteiger partial charge in [-0.15, -0.1) is 5.10 Å². The lowest BCUT2D eigenvalue weighted by atomic mass is 10.2. The van der Waals surface area contributed by atoms with Crippen molar-refractivity contribution in [1.29, 1.82) is 0 Å². The normalized spacial score (nSPS) is 17.2. The van der Waals surface area contributed by atoms with Gasteiger partial charge in [0.15, 0.2) is 0 Å². The summed E-state index contributed by atoms with van der Waals surface area (Å²) in [7, 11) is 0. The van der Waals surface area contributed by atoms with Crippen molar-refractivity contribution < 1.29 is 4.79 Å². The van der Waals surface area contributed by atoms with E-state index in [0.29, 0.717) is 13.0 Å². The van der Waals surface area contributed by atoms with E-state index in [2.05, 4.69) is 15.3 Å². The lowest BCUT2D eigenvalue weighted by molar-refractivity contribution is -0.132. The first-order valence-corrected chi connectivity index (χ1v) is 9.32. The molecule has 27 heavy (non-hydrogen) atoms. The molecule has 0 spiro atoms. The second-order valence-corrected chi connectivity index (χ2v) is 6.94. The number of rotatable bonds is 4. The number of nitrogens with one attached hydrogen (secondary N) is 1. The van der Waals surface area contributed by atoms with Crippen LogP contribution in [0.1, 0.15) is 31.1 Å². The second-order valence-electron chi connectivity index (χ2n) is 6.94. The minimum Gasteiger partial charge on any atom is -0.340 e. The summed E-state index contributed by atoms with van der Waals surface area (Å²) in [4.78, 5) is 22.9. The third kappa shape index (κ3) is 2.85. The Labute approximate surface area is 156 Å². The van der Waals surface area contributed by atoms with Crippen LogP contribution in [-0.4, -0.2) is 42.3 Å². The maximum atomic E-state index is 12.9. The quantitative estimate of drug-likeness (QED) is 0.607. The van der Waals surface area contributed by atoms with Crippen LogP contribution in [0.4, 0.5) is 0 Å². The van der Waals surface area contributed by atoms with E-state index in [4.69, 9.17) is 4.98 Å². The summed E-state index contributed by atoms with van der Waals surface area (Å²) >= 11 is 0. The van der Waals surface area contributed by atoms with Crippen LogP contribution in [0.2, 0.25) is 0 Å². The fraction of sp³-hybridized carbons (Fsp3) is 0.300. The summed E-state index contributed by atoms with van der Waals surface area (Å²) in [5, 5.41) is 8.33. The summed E-state index contributed by atoms with van der Waals surface area (Å²) < 4.78 is 1.81. The van der Waals surface area contributed by atoms with Gasteiger partial charge < -0.3 is 9.88 Å². The highest BCUT2D eigenvalue weighted by Crippen LogP contribution is 2.32. The number of nitrogens with zero attached hydrogens (tertiary/aromatic N) is 5. The Hall–Kier alpha value is -3.22. The number of hydrogen-bond donors (Lipinski definition) is 1. The summed E-state index contributed by atoms with van der Waals surface area (Å²) in [6.07, 6.45) is 2.35. The van der Waals surface area contributed by atoms with Gasteiger partial charge in [-0.1, -0.05) is 29.5 Å². The largest absolute Gasteiger partial charge is 0.340 e. The summed E-state index contributed by atoms with van der Waals surface area (Å²) in [6, 6.07) is 15.8. The van der Waals surface area contributed by atoms with E-state index in [1.165, 1.54) is 0 Å². The molecule has 1 N–H and O–H groups in total. The molecule has 5 rings (SSSR count). The van der Waals surface area contributed by atoms with Crippen molar-refractivity contribution in [1.82, 2.24) is 29.9 Å². The molecule has 0 radical (unpaired) electrons. The minimum atomic E-state index is 0.0254. The zero-order valence-corrected chi connectivity index (χ0v) is 14.9. The molecule has 1 saturated heterocycles. The second kappa shape index (κ2) is 6.50. The van der Waals surface area contributed by atoms with Gasteiger partial charge in [-0.2, -0.15) is 0 Å². The Morgan fingerprint density at radius 3 is 2.81 bits per heavy atom. The van der Waals surface area contributed by atoms with E-state index in [1.54, 1.807) is 4.68 Å². The Bertz CT molecular complexity index is 1080. The Kier molecular flexibility index (Phi) is 3.85. The van der Waals surface area contributed by atoms with E-state index in [-0.39, 0.29) is 11.9 Å². The number of hydrogen-bond acceptors (Lipinski definition) is 4. The van der Waals surface area contributed by atoms with E-state index in [9.17, 15) is 4.79 Å². The van der Waals surface area contributed by atoms with Crippen LogP contribution in [0, 0.1) is 0 Å². The predicted octanol–water partition coefficient (Wildman–Crippen LogP) is 3.06. The molecule has 0 saturated carbocycles. The number of fused-ring (bicyclic) bond motifs is 2. The van der Waals surface area contributed by atoms with Gasteiger partial charge in [0, 0.05) is 13.0 Å². The van der Waals surface area contributed by atoms with E-state index in [0.717, 1.165) is 47.3 Å². The number of imidazole rings is 1. The molecule has 2 aromatic heterocycles. The first-order valence-electron chi connectivity index (χ1n) is 9.32. The van der Waals surface area contributed by atoms with Gasteiger partial charge in [-0.3, -0.25) is 4.79 Å². The monoisotopic (exact) mass is 360 g/mol. The number of likely N-dealkylation sites (tertiary alicyclic amines) is 1. The average molecular weight is 360 g/mol. The SMILES string of the molecule is O=C(CCn1nnc2ccccc21)N1CCC[C@@H]1c1nc2ccccc2[nH]1. The van der Waals surface area contributed by atoms with Crippen molar-refractivity contribution in [2.45, 2.75) is 31.8 Å². The molecule has 7 heteroatoms. The van der Waals surface area contributed by atoms with Crippen molar-refractivity contribution in [2.75, 3.05) is 6.54 Å². The van der Waals surface area contributed by atoms with E-state index < -0.39 is 0 Å². The number of benzene rings is 2. The third-order valence-electron chi connectivity index (χ3n) is 5.25. The number of aromatic amines is 1. The lowest BCUT2D eigenvalue weighted by Crippen LogP contribution is -2.31. The highest BCUT2D eigenvalue weighted by Gasteiger charge is 2.31. The van der Waals surface area contributed by atoms with Crippen LogP contribution in [0.5, 0.6) is 0 Å². The third-order valence-corrected chi connectivity index (χ3v) is 5.25. The van der Waals surface area contributed by atoms with Crippen LogP contribution in [-0.2, 0) is 11.3 Å². The van der Waals surface area contributed by atoms with Crippen molar-refractivity contribution in [3.05, 3.63) is 54.4 Å². The molecule has 1 fully saturated rings. The fourth-order valence-electron chi connectivity index (χ4n) is 3.91. The van der Waals surface area contributed by atoms with Crippen LogP contribution in [0.3, 0.4) is 0 Å². The highest BCUT2D eigenvalue weighted by molar-refractivity contribution is 5.78. The maximum absolute atomic E-state index is 12.9. The smallest absolute Gasteiger partial charge is 0.225 e. The van der Waals surface area contributed by atoms with Crippen molar-refractivity contribution in [2.24, 2.45) is 0 Å². The van der Waals surface area contributed by atoms with Gasteiger partial charge in [-0.25, -0.2) is 9.67 Å². The molecule has 7 nitrogen and oxygen atoms in total. The number of carbonyl (C=O) groups excluding carboxylic acids is 1. The summed E-state index contributed by atoms with van der Waals surface area (Å²) in [5.41, 5.74) is 3.77. The molecule has 4 aromatic rings. The van der Waals surface area contributed by atoms with Crippen molar-refractivity contribution in [3.63, 3.8) is 0 Å². The van der Waals surface area contributed by atoms with Crippen LogP contribution >= 0.6 is 0 Å². The number of para-hydroxylation sites is 3. The minimum absolute atomic E-state index is 0.0254. The Morgan fingerprint density at radius 1 is 1.11 bits per heavy atom. The lowest BCUT2D eigenvalue weighted by Gasteiger charge is -2.23. The van der Waals surface area contributed by atoms with Crippen LogP contribution < -0.4 is 0 Å². The fourth-order valence-corrected chi connectivity index (χ4v) is 3.91. The number of carbonyl (C=O) groups is 1. The molecule has 1 amide bonds. The topological polar surface area (TPSA) is 79.7 Å². The molecule has 0 bridgehead atoms. The van der Waals surface area contributed by atoms with E-state index >= 15 is 0 Å². The molecule has 1 aliphatic heterocycles. The zero-order valence-electron chi connectivity index (χ0n) is 14.9. The Morgan fingerprint density at radius 2 is 1.93 bits per heavy atom. The van der Waals surface area contributed by atoms with Crippen molar-refractivity contribution in [3.8, 4) is 0 Å². The van der Waals surface area contributed by atoms with Gasteiger partial charge in [0.1, 0.15) is 11.3 Å². The molecule has 3 heterocycles. The number of H-pyrrole nitrogens is 1. The van der Waals surface area contributed by atoms with E-state index in [1.807, 2.05) is 53.4 Å². The molecule has 0 aliphatic carbocycles. The standard InChI is InChI=1S/C20H20N6O/c27-19(11-13-26-17-9-4-3-8-16(17)23-24-26)25-12-5-10-18(25)20-21-14-6-1-2-7-15(14)22-20/h1-4,6-9,18H,5,10-13H2,(H,21,22)/t18-/m1/s1. The molecular weight excluding hydrogens is 340 g/mol. The average Bonchev–Trinajstić information content (AvgIpc) is 3.43. The number of aryl methyl sites for hydroxylation is 1. The number of aromatic nitrogens is 5. The molecule has 136 valence electrons. The first-order chi connectivity index (χ1) is 13.3. The summed E-state index contributed by atoms with van der Waals surface area (Å²) in [6.45, 7) is 1.31. The van der Waals surface area contributed by atoms with Gasteiger partial charge in [0.05, 0.1) is 29.1 Å². The molecule has 1 atom stereocenters. The molecular formula is C20H20N6O. The first kappa shape index (κ1) is 16.0. The summed E-state index contributed by atoms with van der Waals surface area (Å²) in [5.74, 6) is 1.02. The zero-order chi connectivity index (χ0) is 18.2. The molecule has 1 aliphatic rings. The van der Waals surface area contributed by atoms with Crippen LogP contribution in [0.15, 0.2) is 48.5 Å². The molecule has 0 unspecified atom stereocenters. The van der Waals surface area contributed by atoms with Gasteiger partial charge >= 0.3 is 0 Å².